The molecule has 1 aromatic carbocycles. The molecule has 4 nitrogen and oxygen atoms in total. The number of nitrogens with one attached hydrogen (secondary N) is 2. The van der Waals surface area contributed by atoms with Crippen LogP contribution in [-0.2, 0) is 0 Å². The maximum atomic E-state index is 13.8. The van der Waals surface area contributed by atoms with Gasteiger partial charge in [0.2, 0.25) is 5.95 Å². The Morgan fingerprint density at radius 2 is 1.48 bits per heavy atom. The predicted octanol–water partition coefficient (Wildman–Crippen LogP) is 8.60. The van der Waals surface area contributed by atoms with Gasteiger partial charge in [-0.25, -0.2) is 9.37 Å². The Balaban J connectivity index is -0.000000329. The van der Waals surface area contributed by atoms with E-state index in [0.717, 1.165) is 30.4 Å². The van der Waals surface area contributed by atoms with Crippen molar-refractivity contribution >= 4 is 17.5 Å². The summed E-state index contributed by atoms with van der Waals surface area (Å²) in [5.74, 6) is 0.0317. The van der Waals surface area contributed by atoms with Crippen molar-refractivity contribution < 1.29 is 7.24 Å². The van der Waals surface area contributed by atoms with E-state index in [0.29, 0.717) is 5.95 Å². The second kappa shape index (κ2) is 20.1. The van der Waals surface area contributed by atoms with E-state index in [1.54, 1.807) is 0 Å². The van der Waals surface area contributed by atoms with Gasteiger partial charge in [-0.15, -0.1) is 0 Å². The first kappa shape index (κ1) is 28.5. The standard InChI is InChI=1S/C16H15FN4.4C2H6.2H2/c17-14-11-18-16(20-13-9-5-2-6-10-13)21-15(14)19-12-7-3-1-4-8-12;4*1-2;;/h1,3-5,7-11H,2,6H2,(H2,18,19,20,21);4*1-2H3;2*1H. The first-order chi connectivity index (χ1) is 14.3. The van der Waals surface area contributed by atoms with Crippen LogP contribution in [0.5, 0.6) is 0 Å². The number of aromatic nitrogens is 2. The first-order valence-corrected chi connectivity index (χ1v) is 10.8. The number of hydrogen-bond donors (Lipinski definition) is 2. The number of nitrogens with zero attached hydrogens (tertiary/aromatic N) is 2. The fourth-order valence-corrected chi connectivity index (χ4v) is 2.01. The van der Waals surface area contributed by atoms with Crippen molar-refractivity contribution in [3.05, 3.63) is 66.3 Å². The summed E-state index contributed by atoms with van der Waals surface area (Å²) in [6, 6.07) is 9.34. The van der Waals surface area contributed by atoms with E-state index in [-0.39, 0.29) is 8.67 Å². The minimum absolute atomic E-state index is 0. The van der Waals surface area contributed by atoms with Gasteiger partial charge in [-0.05, 0) is 31.1 Å². The van der Waals surface area contributed by atoms with E-state index in [9.17, 15) is 4.39 Å². The van der Waals surface area contributed by atoms with Crippen molar-refractivity contribution in [2.24, 2.45) is 0 Å². The van der Waals surface area contributed by atoms with Crippen molar-refractivity contribution in [1.29, 1.82) is 0 Å². The van der Waals surface area contributed by atoms with Gasteiger partial charge in [0.25, 0.3) is 0 Å². The molecule has 5 heteroatoms. The number of hydrogen-bond acceptors (Lipinski definition) is 4. The monoisotopic (exact) mass is 406 g/mol. The Kier molecular flexibility index (Phi) is 19.7. The third-order valence-corrected chi connectivity index (χ3v) is 3.03. The molecule has 0 amide bonds. The van der Waals surface area contributed by atoms with Crippen LogP contribution in [0.4, 0.5) is 21.8 Å². The Hall–Kier alpha value is -2.69. The summed E-state index contributed by atoms with van der Waals surface area (Å²) in [5, 5.41) is 6.03. The molecule has 29 heavy (non-hydrogen) atoms. The van der Waals surface area contributed by atoms with E-state index in [2.05, 4.69) is 32.8 Å². The van der Waals surface area contributed by atoms with Gasteiger partial charge in [-0.2, -0.15) is 4.98 Å². The van der Waals surface area contributed by atoms with Gasteiger partial charge in [0, 0.05) is 14.2 Å². The Morgan fingerprint density at radius 1 is 0.862 bits per heavy atom. The lowest BCUT2D eigenvalue weighted by Crippen LogP contribution is -2.06. The van der Waals surface area contributed by atoms with Crippen LogP contribution in [0, 0.1) is 5.82 Å². The summed E-state index contributed by atoms with van der Waals surface area (Å²) < 4.78 is 13.8. The lowest BCUT2D eigenvalue weighted by Gasteiger charge is -2.11. The van der Waals surface area contributed by atoms with Crippen LogP contribution < -0.4 is 10.6 Å². The first-order valence-electron chi connectivity index (χ1n) is 10.8. The lowest BCUT2D eigenvalue weighted by molar-refractivity contribution is 0.619. The molecular weight excluding hydrogens is 363 g/mol. The van der Waals surface area contributed by atoms with E-state index >= 15 is 0 Å². The minimum atomic E-state index is -0.488. The molecule has 2 aromatic rings. The molecule has 1 aliphatic carbocycles. The van der Waals surface area contributed by atoms with E-state index in [1.807, 2.05) is 91.8 Å². The molecule has 0 bridgehead atoms. The number of halogens is 1. The highest BCUT2D eigenvalue weighted by Gasteiger charge is 2.08. The molecule has 0 saturated carbocycles. The van der Waals surface area contributed by atoms with Crippen LogP contribution in [0.2, 0.25) is 0 Å². The summed E-state index contributed by atoms with van der Waals surface area (Å²) in [6.45, 7) is 16.0. The zero-order valence-electron chi connectivity index (χ0n) is 19.4. The third kappa shape index (κ3) is 11.7. The van der Waals surface area contributed by atoms with Gasteiger partial charge in [-0.3, -0.25) is 0 Å². The molecule has 1 aromatic heterocycles. The zero-order valence-corrected chi connectivity index (χ0v) is 19.4. The van der Waals surface area contributed by atoms with Gasteiger partial charge in [0.15, 0.2) is 11.6 Å². The Bertz CT molecular complexity index is 693. The topological polar surface area (TPSA) is 49.8 Å². The minimum Gasteiger partial charge on any atom is -0.338 e. The van der Waals surface area contributed by atoms with E-state index in [4.69, 9.17) is 0 Å². The summed E-state index contributed by atoms with van der Waals surface area (Å²) in [7, 11) is 0. The predicted molar refractivity (Wildman–Crippen MR) is 131 cm³/mol. The second-order valence-electron chi connectivity index (χ2n) is 4.65. The fraction of sp³-hybridized carbons (Fsp3) is 0.417. The normalized spacial score (nSPS) is 10.7. The molecule has 3 rings (SSSR count). The van der Waals surface area contributed by atoms with Crippen LogP contribution in [-0.4, -0.2) is 9.97 Å². The quantitative estimate of drug-likeness (QED) is 0.533. The van der Waals surface area contributed by atoms with Gasteiger partial charge in [0.05, 0.1) is 6.20 Å². The van der Waals surface area contributed by atoms with Crippen LogP contribution in [0.1, 0.15) is 71.1 Å². The van der Waals surface area contributed by atoms with Crippen LogP contribution in [0.25, 0.3) is 0 Å². The highest BCUT2D eigenvalue weighted by Crippen LogP contribution is 2.19. The molecule has 0 aliphatic heterocycles. The molecule has 0 atom stereocenters. The zero-order chi connectivity index (χ0) is 22.5. The number of allylic oxidation sites excluding steroid dienone is 3. The van der Waals surface area contributed by atoms with Crippen molar-refractivity contribution in [2.75, 3.05) is 10.6 Å². The number of anilines is 3. The molecule has 1 aliphatic rings. The van der Waals surface area contributed by atoms with E-state index in [1.165, 1.54) is 0 Å². The largest absolute Gasteiger partial charge is 0.338 e. The van der Waals surface area contributed by atoms with E-state index < -0.39 is 5.82 Å². The smallest absolute Gasteiger partial charge is 0.229 e. The highest BCUT2D eigenvalue weighted by atomic mass is 19.1. The van der Waals surface area contributed by atoms with Gasteiger partial charge in [-0.1, -0.05) is 85.7 Å². The van der Waals surface area contributed by atoms with Gasteiger partial charge >= 0.3 is 0 Å². The number of benzene rings is 1. The summed E-state index contributed by atoms with van der Waals surface area (Å²) in [6.07, 6.45) is 9.30. The molecule has 0 spiro atoms. The van der Waals surface area contributed by atoms with Gasteiger partial charge < -0.3 is 10.6 Å². The number of para-hydroxylation sites is 1. The maximum Gasteiger partial charge on any atom is 0.229 e. The molecule has 1 heterocycles. The fourth-order valence-electron chi connectivity index (χ4n) is 2.01. The second-order valence-corrected chi connectivity index (χ2v) is 4.65. The summed E-state index contributed by atoms with van der Waals surface area (Å²) in [4.78, 5) is 8.14. The van der Waals surface area contributed by atoms with Gasteiger partial charge in [0.1, 0.15) is 0 Å². The van der Waals surface area contributed by atoms with Crippen molar-refractivity contribution in [3.63, 3.8) is 0 Å². The SMILES string of the molecule is CC.CC.CC.CC.Fc1cnc(NC2=CCCC=C2)nc1Nc1ccccc1.[HH].[HH]. The summed E-state index contributed by atoms with van der Waals surface area (Å²) in [5.41, 5.74) is 1.70. The van der Waals surface area contributed by atoms with Crippen molar-refractivity contribution in [3.8, 4) is 0 Å². The molecular formula is C24H43FN4. The average Bonchev–Trinajstić information content (AvgIpc) is 2.83. The molecule has 166 valence electrons. The Labute approximate surface area is 180 Å². The molecule has 2 N–H and O–H groups in total. The molecule has 0 unspecified atom stereocenters. The van der Waals surface area contributed by atoms with Crippen LogP contribution in [0.3, 0.4) is 0 Å². The molecule has 0 fully saturated rings. The maximum absolute atomic E-state index is 13.8. The molecule has 0 saturated heterocycles. The number of rotatable bonds is 4. The third-order valence-electron chi connectivity index (χ3n) is 3.03. The summed E-state index contributed by atoms with van der Waals surface area (Å²) >= 11 is 0. The van der Waals surface area contributed by atoms with Crippen LogP contribution in [0.15, 0.2) is 60.5 Å². The molecule has 0 radical (unpaired) electrons. The highest BCUT2D eigenvalue weighted by molar-refractivity contribution is 5.57. The van der Waals surface area contributed by atoms with Crippen molar-refractivity contribution in [2.45, 2.75) is 68.2 Å². The average molecular weight is 407 g/mol. The lowest BCUT2D eigenvalue weighted by atomic mass is 10.1. The Morgan fingerprint density at radius 3 is 2.03 bits per heavy atom. The van der Waals surface area contributed by atoms with Crippen LogP contribution >= 0.6 is 0 Å². The van der Waals surface area contributed by atoms with Crippen molar-refractivity contribution in [1.82, 2.24) is 9.97 Å².